The van der Waals surface area contributed by atoms with Crippen molar-refractivity contribution in [3.63, 3.8) is 0 Å². The number of halogens is 4. The van der Waals surface area contributed by atoms with Crippen LogP contribution in [0.15, 0.2) is 12.1 Å². The number of ether oxygens (including phenoxy) is 1. The van der Waals surface area contributed by atoms with Gasteiger partial charge in [0, 0.05) is 8.90 Å². The second-order valence-electron chi connectivity index (χ2n) is 3.46. The fourth-order valence-corrected chi connectivity index (χ4v) is 5.43. The molecule has 0 bridgehead atoms. The van der Waals surface area contributed by atoms with Crippen LogP contribution < -0.4 is 4.74 Å². The van der Waals surface area contributed by atoms with E-state index in [1.165, 1.54) is 10.7 Å². The Morgan fingerprint density at radius 1 is 1.25 bits per heavy atom. The smallest absolute Gasteiger partial charge is 0.146 e. The minimum atomic E-state index is 0.277. The Kier molecular flexibility index (Phi) is 7.85. The topological polar surface area (TPSA) is 9.23 Å². The van der Waals surface area contributed by atoms with E-state index in [9.17, 15) is 0 Å². The summed E-state index contributed by atoms with van der Waals surface area (Å²) in [5, 5.41) is 1.04. The van der Waals surface area contributed by atoms with Crippen molar-refractivity contribution in [2.75, 3.05) is 5.33 Å². The number of alkyl halides is 1. The lowest BCUT2D eigenvalue weighted by atomic mass is 10.2. The maximum atomic E-state index is 5.99. The standard InChI is InChI=1S/C11H12BrI3O/c1-7(3-2-4-12)16-11-9(14)5-8(13)6-10(11)15/h5-7H,2-4H2,1H3. The summed E-state index contributed by atoms with van der Waals surface area (Å²) in [6, 6.07) is 4.30. The normalized spacial score (nSPS) is 12.6. The summed E-state index contributed by atoms with van der Waals surface area (Å²) in [5.41, 5.74) is 0. The molecule has 1 nitrogen and oxygen atoms in total. The van der Waals surface area contributed by atoms with Crippen LogP contribution in [-0.4, -0.2) is 11.4 Å². The number of rotatable bonds is 5. The minimum Gasteiger partial charge on any atom is -0.488 e. The first-order valence-corrected chi connectivity index (χ1v) is 9.27. The Morgan fingerprint density at radius 2 is 1.81 bits per heavy atom. The average Bonchev–Trinajstić information content (AvgIpc) is 2.20. The van der Waals surface area contributed by atoms with Gasteiger partial charge in [0.05, 0.1) is 13.2 Å². The summed E-state index contributed by atoms with van der Waals surface area (Å²) < 4.78 is 9.64. The van der Waals surface area contributed by atoms with E-state index in [4.69, 9.17) is 4.74 Å². The van der Waals surface area contributed by atoms with Crippen molar-refractivity contribution in [2.45, 2.75) is 25.9 Å². The van der Waals surface area contributed by atoms with E-state index < -0.39 is 0 Å². The molecule has 5 heteroatoms. The molecule has 0 amide bonds. The zero-order valence-corrected chi connectivity index (χ0v) is 16.8. The monoisotopic (exact) mass is 620 g/mol. The van der Waals surface area contributed by atoms with Crippen molar-refractivity contribution >= 4 is 83.7 Å². The van der Waals surface area contributed by atoms with Crippen LogP contribution in [0.25, 0.3) is 0 Å². The van der Waals surface area contributed by atoms with E-state index in [0.29, 0.717) is 0 Å². The highest BCUT2D eigenvalue weighted by Crippen LogP contribution is 2.30. The quantitative estimate of drug-likeness (QED) is 0.315. The summed E-state index contributed by atoms with van der Waals surface area (Å²) in [6.45, 7) is 2.13. The van der Waals surface area contributed by atoms with Gasteiger partial charge < -0.3 is 4.74 Å². The van der Waals surface area contributed by atoms with Crippen LogP contribution in [0.4, 0.5) is 0 Å². The average molecular weight is 621 g/mol. The van der Waals surface area contributed by atoms with E-state index in [1.807, 2.05) is 0 Å². The molecule has 1 unspecified atom stereocenters. The molecular formula is C11H12BrI3O. The van der Waals surface area contributed by atoms with Gasteiger partial charge in [-0.15, -0.1) is 0 Å². The molecular weight excluding hydrogens is 609 g/mol. The SMILES string of the molecule is CC(CCCBr)Oc1c(I)cc(I)cc1I. The Morgan fingerprint density at radius 3 is 2.31 bits per heavy atom. The molecule has 1 aromatic carbocycles. The molecule has 1 atom stereocenters. The van der Waals surface area contributed by atoms with Gasteiger partial charge in [0.25, 0.3) is 0 Å². The highest BCUT2D eigenvalue weighted by Gasteiger charge is 2.11. The molecule has 0 aliphatic heterocycles. The predicted octanol–water partition coefficient (Wildman–Crippen LogP) is 5.44. The molecule has 0 saturated heterocycles. The van der Waals surface area contributed by atoms with E-state index in [0.717, 1.165) is 23.9 Å². The van der Waals surface area contributed by atoms with Crippen LogP contribution in [0.5, 0.6) is 5.75 Å². The van der Waals surface area contributed by atoms with Crippen LogP contribution >= 0.6 is 83.7 Å². The molecule has 1 rings (SSSR count). The minimum absolute atomic E-state index is 0.277. The van der Waals surface area contributed by atoms with Gasteiger partial charge in [-0.2, -0.15) is 0 Å². The Hall–Kier alpha value is 1.69. The third-order valence-electron chi connectivity index (χ3n) is 2.03. The van der Waals surface area contributed by atoms with Crippen LogP contribution in [0, 0.1) is 10.7 Å². The highest BCUT2D eigenvalue weighted by molar-refractivity contribution is 14.1. The molecule has 0 aliphatic rings. The lowest BCUT2D eigenvalue weighted by Gasteiger charge is -2.17. The molecule has 0 radical (unpaired) electrons. The van der Waals surface area contributed by atoms with Crippen molar-refractivity contribution in [3.05, 3.63) is 22.8 Å². The van der Waals surface area contributed by atoms with Crippen molar-refractivity contribution in [2.24, 2.45) is 0 Å². The van der Waals surface area contributed by atoms with Crippen molar-refractivity contribution in [3.8, 4) is 5.75 Å². The van der Waals surface area contributed by atoms with E-state index in [2.05, 4.69) is 103 Å². The third kappa shape index (κ3) is 5.13. The molecule has 0 fully saturated rings. The first kappa shape index (κ1) is 15.7. The number of hydrogen-bond acceptors (Lipinski definition) is 1. The maximum Gasteiger partial charge on any atom is 0.146 e. The fraction of sp³-hybridized carbons (Fsp3) is 0.455. The lowest BCUT2D eigenvalue weighted by Crippen LogP contribution is -2.13. The summed E-state index contributed by atoms with van der Waals surface area (Å²) in [6.07, 6.45) is 2.52. The van der Waals surface area contributed by atoms with E-state index in [-0.39, 0.29) is 6.10 Å². The van der Waals surface area contributed by atoms with E-state index in [1.54, 1.807) is 0 Å². The van der Waals surface area contributed by atoms with Crippen molar-refractivity contribution in [1.29, 1.82) is 0 Å². The molecule has 0 saturated carbocycles. The Balaban J connectivity index is 2.73. The fourth-order valence-electron chi connectivity index (χ4n) is 1.27. The first-order chi connectivity index (χ1) is 7.54. The first-order valence-electron chi connectivity index (χ1n) is 4.91. The molecule has 90 valence electrons. The molecule has 0 spiro atoms. The van der Waals surface area contributed by atoms with Gasteiger partial charge in [-0.1, -0.05) is 15.9 Å². The molecule has 0 heterocycles. The molecule has 0 aliphatic carbocycles. The van der Waals surface area contributed by atoms with Gasteiger partial charge in [0.1, 0.15) is 5.75 Å². The van der Waals surface area contributed by atoms with Crippen LogP contribution in [-0.2, 0) is 0 Å². The maximum absolute atomic E-state index is 5.99. The van der Waals surface area contributed by atoms with Gasteiger partial charge in [0.15, 0.2) is 0 Å². The van der Waals surface area contributed by atoms with Gasteiger partial charge in [-0.25, -0.2) is 0 Å². The highest BCUT2D eigenvalue weighted by atomic mass is 127. The van der Waals surface area contributed by atoms with E-state index >= 15 is 0 Å². The lowest BCUT2D eigenvalue weighted by molar-refractivity contribution is 0.207. The summed E-state index contributed by atoms with van der Waals surface area (Å²) in [7, 11) is 0. The summed E-state index contributed by atoms with van der Waals surface area (Å²) in [5.74, 6) is 1.03. The third-order valence-corrected chi connectivity index (χ3v) is 4.81. The zero-order chi connectivity index (χ0) is 12.1. The molecule has 0 aromatic heterocycles. The predicted molar refractivity (Wildman–Crippen MR) is 97.7 cm³/mol. The van der Waals surface area contributed by atoms with Crippen LogP contribution in [0.3, 0.4) is 0 Å². The summed E-state index contributed by atoms with van der Waals surface area (Å²) in [4.78, 5) is 0. The van der Waals surface area contributed by atoms with Gasteiger partial charge in [-0.05, 0) is 99.7 Å². The van der Waals surface area contributed by atoms with Crippen LogP contribution in [0.1, 0.15) is 19.8 Å². The summed E-state index contributed by atoms with van der Waals surface area (Å²) >= 11 is 10.5. The Bertz CT molecular complexity index is 334. The van der Waals surface area contributed by atoms with Crippen molar-refractivity contribution in [1.82, 2.24) is 0 Å². The van der Waals surface area contributed by atoms with Gasteiger partial charge in [-0.3, -0.25) is 0 Å². The van der Waals surface area contributed by atoms with Gasteiger partial charge in [0.2, 0.25) is 0 Å². The molecule has 16 heavy (non-hydrogen) atoms. The second kappa shape index (κ2) is 7.98. The Labute approximate surface area is 146 Å². The zero-order valence-electron chi connectivity index (χ0n) is 8.77. The van der Waals surface area contributed by atoms with Gasteiger partial charge >= 0.3 is 0 Å². The molecule has 0 N–H and O–H groups in total. The van der Waals surface area contributed by atoms with Crippen LogP contribution in [0.2, 0.25) is 0 Å². The van der Waals surface area contributed by atoms with Crippen molar-refractivity contribution < 1.29 is 4.74 Å². The molecule has 1 aromatic rings. The number of hydrogen-bond donors (Lipinski definition) is 0. The second-order valence-corrected chi connectivity index (χ2v) is 7.82. The largest absolute Gasteiger partial charge is 0.488 e. The number of benzene rings is 1.